The lowest BCUT2D eigenvalue weighted by Gasteiger charge is -2.35. The van der Waals surface area contributed by atoms with Gasteiger partial charge in [0.15, 0.2) is 0 Å². The van der Waals surface area contributed by atoms with Gasteiger partial charge in [-0.3, -0.25) is 0 Å². The molecule has 1 unspecified atom stereocenters. The number of aromatic nitrogens is 1. The highest BCUT2D eigenvalue weighted by Crippen LogP contribution is 2.52. The molecule has 7 heteroatoms. The van der Waals surface area contributed by atoms with Crippen molar-refractivity contribution < 1.29 is 0 Å². The minimum Gasteiger partial charge on any atom is -0.334 e. The molecule has 1 aliphatic rings. The number of hydrogen-bond acceptors (Lipinski definition) is 6. The third-order valence-electron chi connectivity index (χ3n) is 24.9. The van der Waals surface area contributed by atoms with Crippen molar-refractivity contribution in [1.82, 2.24) is 4.57 Å². The number of nitrogens with zero attached hydrogens (tertiary/aromatic N) is 6. The lowest BCUT2D eigenvalue weighted by molar-refractivity contribution is 0.787. The molecule has 0 radical (unpaired) electrons. The second kappa shape index (κ2) is 32.6. The number of allylic oxidation sites excluding steroid dienone is 2. The Morgan fingerprint density at radius 2 is 0.592 bits per heavy atom. The number of para-hydroxylation sites is 7. The smallest absolute Gasteiger partial charge is 0.0560 e. The van der Waals surface area contributed by atoms with E-state index in [9.17, 15) is 0 Å². The van der Waals surface area contributed by atoms with Gasteiger partial charge in [0.25, 0.3) is 0 Å². The molecule has 19 aromatic carbocycles. The van der Waals surface area contributed by atoms with Crippen molar-refractivity contribution in [2.24, 2.45) is 0 Å². The first-order chi connectivity index (χ1) is 61.9. The van der Waals surface area contributed by atoms with Crippen molar-refractivity contribution in [3.63, 3.8) is 0 Å². The molecule has 594 valence electrons. The normalized spacial score (nSPS) is 12.5. The molecule has 6 nitrogen and oxygen atoms in total. The van der Waals surface area contributed by atoms with Crippen molar-refractivity contribution in [2.45, 2.75) is 26.3 Å². The second-order valence-electron chi connectivity index (χ2n) is 32.3. The minimum absolute atomic E-state index is 0.0570. The molecule has 2 aromatic heterocycles. The predicted octanol–water partition coefficient (Wildman–Crippen LogP) is 33.6. The molecule has 0 fully saturated rings. The van der Waals surface area contributed by atoms with Gasteiger partial charge in [-0.15, -0.1) is 11.3 Å². The van der Waals surface area contributed by atoms with Gasteiger partial charge in [0.1, 0.15) is 0 Å². The summed E-state index contributed by atoms with van der Waals surface area (Å²) in [5, 5.41) is 9.84. The summed E-state index contributed by atoms with van der Waals surface area (Å²) in [6, 6.07) is 162. The van der Waals surface area contributed by atoms with E-state index >= 15 is 0 Å². The lowest BCUT2D eigenvalue weighted by atomic mass is 9.86. The molecule has 0 saturated carbocycles. The van der Waals surface area contributed by atoms with Crippen LogP contribution in [0.5, 0.6) is 0 Å². The average molecular weight is 1620 g/mol. The molecule has 0 saturated heterocycles. The first-order valence-electron chi connectivity index (χ1n) is 43.1. The molecule has 2 heterocycles. The zero-order valence-corrected chi connectivity index (χ0v) is 70.1. The van der Waals surface area contributed by atoms with Gasteiger partial charge in [-0.25, -0.2) is 0 Å². The van der Waals surface area contributed by atoms with Gasteiger partial charge < -0.3 is 29.1 Å². The Hall–Kier alpha value is -15.8. The van der Waals surface area contributed by atoms with Gasteiger partial charge in [0.2, 0.25) is 0 Å². The van der Waals surface area contributed by atoms with Crippen LogP contribution in [0, 0.1) is 13.8 Å². The topological polar surface area (TPSA) is 21.1 Å². The molecule has 125 heavy (non-hydrogen) atoms. The summed E-state index contributed by atoms with van der Waals surface area (Å²) in [4.78, 5) is 12.1. The molecule has 1 aliphatic carbocycles. The first-order valence-corrected chi connectivity index (χ1v) is 43.9. The van der Waals surface area contributed by atoms with Crippen molar-refractivity contribution in [3.8, 4) is 50.2 Å². The number of fused-ring (bicyclic) bond motifs is 8. The molecule has 0 aliphatic heterocycles. The van der Waals surface area contributed by atoms with Crippen LogP contribution in [0.4, 0.5) is 79.6 Å². The zero-order valence-electron chi connectivity index (χ0n) is 69.3. The molecule has 0 amide bonds. The van der Waals surface area contributed by atoms with Crippen molar-refractivity contribution in [2.75, 3.05) is 24.5 Å². The first kappa shape index (κ1) is 75.4. The molecule has 0 spiro atoms. The third-order valence-corrected chi connectivity index (χ3v) is 26.1. The van der Waals surface area contributed by atoms with Crippen LogP contribution in [0.2, 0.25) is 0 Å². The largest absolute Gasteiger partial charge is 0.334 e. The number of benzene rings is 19. The summed E-state index contributed by atoms with van der Waals surface area (Å²) in [5.41, 5.74) is 30.9. The molecule has 22 rings (SSSR count). The Bertz CT molecular complexity index is 7510. The Morgan fingerprint density at radius 3 is 1.04 bits per heavy atom. The fourth-order valence-electron chi connectivity index (χ4n) is 19.2. The number of rotatable bonds is 20. The fourth-order valence-corrected chi connectivity index (χ4v) is 20.4. The summed E-state index contributed by atoms with van der Waals surface area (Å²) in [6.45, 7) is 4.62. The van der Waals surface area contributed by atoms with Crippen molar-refractivity contribution in [1.29, 1.82) is 0 Å². The fraction of sp³-hybridized carbons (Fsp3) is 0.0339. The number of hydrogen-bond donors (Lipinski definition) is 0. The zero-order chi connectivity index (χ0) is 83.3. The maximum atomic E-state index is 2.57. The van der Waals surface area contributed by atoms with Crippen LogP contribution < -0.4 is 24.5 Å². The average Bonchev–Trinajstić information content (AvgIpc) is 1.64. The molecule has 1 atom stereocenters. The predicted molar refractivity (Wildman–Crippen MR) is 534 cm³/mol. The summed E-state index contributed by atoms with van der Waals surface area (Å²) in [5.74, 6) is 0. The molecular weight excluding hydrogens is 1530 g/mol. The van der Waals surface area contributed by atoms with Crippen LogP contribution in [0.1, 0.15) is 17.5 Å². The third kappa shape index (κ3) is 13.9. The monoisotopic (exact) mass is 1620 g/mol. The van der Waals surface area contributed by atoms with E-state index in [2.05, 4.69) is 510 Å². The molecule has 21 aromatic rings. The second-order valence-corrected chi connectivity index (χ2v) is 33.4. The van der Waals surface area contributed by atoms with Gasteiger partial charge >= 0.3 is 0 Å². The van der Waals surface area contributed by atoms with Gasteiger partial charge in [-0.2, -0.15) is 0 Å². The summed E-state index contributed by atoms with van der Waals surface area (Å²) in [6.07, 6.45) is 9.92. The summed E-state index contributed by atoms with van der Waals surface area (Å²) in [7, 11) is 0. The van der Waals surface area contributed by atoms with Gasteiger partial charge in [-0.05, 0) is 275 Å². The van der Waals surface area contributed by atoms with Crippen LogP contribution >= 0.6 is 11.3 Å². The lowest BCUT2D eigenvalue weighted by Crippen LogP contribution is -2.30. The van der Waals surface area contributed by atoms with E-state index in [0.717, 1.165) is 97.2 Å². The highest BCUT2D eigenvalue weighted by molar-refractivity contribution is 7.26. The maximum absolute atomic E-state index is 2.57. The molecular formula is C118H86N6S. The Balaban J connectivity index is 0.566. The van der Waals surface area contributed by atoms with E-state index in [-0.39, 0.29) is 6.04 Å². The number of thiophene rings is 1. The van der Waals surface area contributed by atoms with Gasteiger partial charge in [0.05, 0.1) is 22.8 Å². The Labute approximate surface area is 733 Å². The highest BCUT2D eigenvalue weighted by Gasteiger charge is 2.29. The van der Waals surface area contributed by atoms with Crippen molar-refractivity contribution >= 4 is 154 Å². The minimum atomic E-state index is 0.0570. The van der Waals surface area contributed by atoms with Crippen LogP contribution in [0.15, 0.2) is 467 Å². The summed E-state index contributed by atoms with van der Waals surface area (Å²) < 4.78 is 4.91. The van der Waals surface area contributed by atoms with Crippen LogP contribution in [0.25, 0.3) is 114 Å². The van der Waals surface area contributed by atoms with E-state index in [4.69, 9.17) is 0 Å². The Morgan fingerprint density at radius 1 is 0.264 bits per heavy atom. The van der Waals surface area contributed by atoms with E-state index < -0.39 is 0 Å². The van der Waals surface area contributed by atoms with Crippen molar-refractivity contribution in [3.05, 3.63) is 478 Å². The Kier molecular flexibility index (Phi) is 19.7. The SMILES string of the molecule is Cc1cc(N(c2ccccc2)c2ccc(N(c3ccccc3)c3ccccc3)cc2)c2ccccc2c1-c1c(C)cc(N(c2ccc(N(c3ccccc3)c3ccc(-c4ccc(-c5ccc(N(c6ccccc6)c6ccc(-c7ccc(-n8c9ccccc9c9ccccc98)cc7)cc6)cc5)c5sc6ccccc6c45)cc3)cc2)C2C=CC=CC2)c2ccccc12. The van der Waals surface area contributed by atoms with Crippen LogP contribution in [0.3, 0.4) is 0 Å². The van der Waals surface area contributed by atoms with E-state index in [1.54, 1.807) is 0 Å². The van der Waals surface area contributed by atoms with E-state index in [0.29, 0.717) is 0 Å². The highest BCUT2D eigenvalue weighted by atomic mass is 32.1. The number of aryl methyl sites for hydroxylation is 2. The van der Waals surface area contributed by atoms with Gasteiger partial charge in [-0.1, -0.05) is 279 Å². The van der Waals surface area contributed by atoms with E-state index in [1.807, 2.05) is 11.3 Å². The standard InChI is InChI=1S/C118H86N6S/c1-81-79-112(122(91-39-17-7-18-40-91)98-73-69-96(70-74-98)119(87-31-9-3-10-32-87)88-33-11-4-12-34-88)105-45-21-23-47-107(105)115(81)116-82(2)80-113(106-46-22-24-48-108(106)116)123(92-41-19-8-20-42-92)99-75-71-97(72-76-99)121(90-37-15-6-16-38-90)94-65-57-85(58-66-94)101-77-78-102(118-117(101)109-49-27-30-52-114(109)125-118)86-59-67-95(68-60-86)120(89-35-13-5-14-36-89)93-61-53-83(54-62-93)84-55-63-100(64-56-84)124-110-50-28-25-43-103(110)104-44-26-29-51-111(104)124/h3-41,43-80,92H,42H2,1-2H3. The van der Waals surface area contributed by atoms with Gasteiger partial charge in [0, 0.05) is 121 Å². The molecule has 0 N–H and O–H groups in total. The van der Waals surface area contributed by atoms with E-state index in [1.165, 1.54) is 114 Å². The molecule has 0 bridgehead atoms. The van der Waals surface area contributed by atoms with Crippen LogP contribution in [-0.4, -0.2) is 10.6 Å². The number of anilines is 14. The van der Waals surface area contributed by atoms with Crippen LogP contribution in [-0.2, 0) is 0 Å². The summed E-state index contributed by atoms with van der Waals surface area (Å²) >= 11 is 1.88. The maximum Gasteiger partial charge on any atom is 0.0560 e. The quantitative estimate of drug-likeness (QED) is 0.0756.